The second-order valence-electron chi connectivity index (χ2n) is 4.02. The van der Waals surface area contributed by atoms with Crippen molar-refractivity contribution in [3.8, 4) is 0 Å². The van der Waals surface area contributed by atoms with Crippen LogP contribution < -0.4 is 11.1 Å². The zero-order valence-electron chi connectivity index (χ0n) is 9.14. The van der Waals surface area contributed by atoms with Gasteiger partial charge in [0, 0.05) is 6.61 Å². The van der Waals surface area contributed by atoms with Crippen LogP contribution >= 0.6 is 0 Å². The Kier molecular flexibility index (Phi) is 3.05. The first-order valence-corrected chi connectivity index (χ1v) is 5.31. The summed E-state index contributed by atoms with van der Waals surface area (Å²) in [6.45, 7) is 2.65. The fourth-order valence-corrected chi connectivity index (χ4v) is 1.71. The van der Waals surface area contributed by atoms with Crippen LogP contribution in [0.15, 0.2) is 18.3 Å². The number of nitrogens with one attached hydrogen (secondary N) is 1. The lowest BCUT2D eigenvalue weighted by atomic mass is 10.0. The summed E-state index contributed by atoms with van der Waals surface area (Å²) in [6, 6.07) is 3.37. The Morgan fingerprint density at radius 3 is 3.00 bits per heavy atom. The van der Waals surface area contributed by atoms with Crippen LogP contribution in [-0.2, 0) is 9.53 Å². The fraction of sp³-hybridized carbons (Fsp3) is 0.455. The molecule has 1 aromatic heterocycles. The van der Waals surface area contributed by atoms with Crippen LogP contribution in [0, 0.1) is 5.92 Å². The van der Waals surface area contributed by atoms with Gasteiger partial charge in [-0.2, -0.15) is 0 Å². The van der Waals surface area contributed by atoms with Gasteiger partial charge in [0.25, 0.3) is 5.91 Å². The molecular weight excluding hydrogens is 206 g/mol. The van der Waals surface area contributed by atoms with E-state index in [9.17, 15) is 4.79 Å². The van der Waals surface area contributed by atoms with Gasteiger partial charge in [0.15, 0.2) is 0 Å². The van der Waals surface area contributed by atoms with Gasteiger partial charge < -0.3 is 15.8 Å². The van der Waals surface area contributed by atoms with Crippen molar-refractivity contribution in [1.29, 1.82) is 0 Å². The number of rotatable bonds is 2. The molecule has 0 spiro atoms. The minimum atomic E-state index is -0.362. The lowest BCUT2D eigenvalue weighted by Crippen LogP contribution is -2.31. The molecule has 0 aliphatic carbocycles. The van der Waals surface area contributed by atoms with Gasteiger partial charge in [0.05, 0.1) is 11.9 Å². The number of nitrogens with zero attached hydrogens (tertiary/aromatic N) is 1. The standard InChI is InChI=1S/C11H15N3O2/c1-7-4-5-16-10(7)11(15)14-9-3-2-8(12)6-13-9/h2-3,6-7,10H,4-5,12H2,1H3,(H,13,14,15). The normalized spacial score (nSPS) is 24.3. The Labute approximate surface area is 94.0 Å². The first-order valence-electron chi connectivity index (χ1n) is 5.31. The van der Waals surface area contributed by atoms with E-state index in [1.165, 1.54) is 6.20 Å². The van der Waals surface area contributed by atoms with Gasteiger partial charge >= 0.3 is 0 Å². The van der Waals surface area contributed by atoms with E-state index in [-0.39, 0.29) is 17.9 Å². The highest BCUT2D eigenvalue weighted by Gasteiger charge is 2.30. The second-order valence-corrected chi connectivity index (χ2v) is 4.02. The molecule has 2 unspecified atom stereocenters. The van der Waals surface area contributed by atoms with Crippen molar-refractivity contribution in [2.45, 2.75) is 19.4 Å². The SMILES string of the molecule is CC1CCOC1C(=O)Nc1ccc(N)cn1. The largest absolute Gasteiger partial charge is 0.397 e. The zero-order valence-corrected chi connectivity index (χ0v) is 9.14. The van der Waals surface area contributed by atoms with Crippen LogP contribution in [0.1, 0.15) is 13.3 Å². The van der Waals surface area contributed by atoms with Gasteiger partial charge in [-0.1, -0.05) is 6.92 Å². The Morgan fingerprint density at radius 1 is 1.62 bits per heavy atom. The number of carbonyl (C=O) groups excluding carboxylic acids is 1. The monoisotopic (exact) mass is 221 g/mol. The number of hydrogen-bond acceptors (Lipinski definition) is 4. The maximum absolute atomic E-state index is 11.8. The fourth-order valence-electron chi connectivity index (χ4n) is 1.71. The summed E-state index contributed by atoms with van der Waals surface area (Å²) < 4.78 is 5.36. The van der Waals surface area contributed by atoms with Gasteiger partial charge in [0.2, 0.25) is 0 Å². The van der Waals surface area contributed by atoms with Crippen molar-refractivity contribution in [2.75, 3.05) is 17.7 Å². The molecule has 0 radical (unpaired) electrons. The molecule has 1 fully saturated rings. The van der Waals surface area contributed by atoms with Crippen molar-refractivity contribution in [2.24, 2.45) is 5.92 Å². The summed E-state index contributed by atoms with van der Waals surface area (Å²) in [5.74, 6) is 0.623. The Morgan fingerprint density at radius 2 is 2.44 bits per heavy atom. The Hall–Kier alpha value is -1.62. The summed E-state index contributed by atoms with van der Waals surface area (Å²) in [5, 5.41) is 2.71. The molecule has 2 rings (SSSR count). The van der Waals surface area contributed by atoms with E-state index >= 15 is 0 Å². The van der Waals surface area contributed by atoms with Gasteiger partial charge in [0.1, 0.15) is 11.9 Å². The molecule has 0 bridgehead atoms. The lowest BCUT2D eigenvalue weighted by molar-refractivity contribution is -0.126. The van der Waals surface area contributed by atoms with E-state index in [4.69, 9.17) is 10.5 Å². The number of pyridine rings is 1. The zero-order chi connectivity index (χ0) is 11.5. The lowest BCUT2D eigenvalue weighted by Gasteiger charge is -2.13. The van der Waals surface area contributed by atoms with E-state index in [2.05, 4.69) is 10.3 Å². The van der Waals surface area contributed by atoms with Crippen molar-refractivity contribution >= 4 is 17.4 Å². The topological polar surface area (TPSA) is 77.2 Å². The maximum Gasteiger partial charge on any atom is 0.254 e. The molecular formula is C11H15N3O2. The van der Waals surface area contributed by atoms with Crippen molar-refractivity contribution in [3.05, 3.63) is 18.3 Å². The van der Waals surface area contributed by atoms with Crippen LogP contribution in [0.3, 0.4) is 0 Å². The third-order valence-corrected chi connectivity index (χ3v) is 2.68. The minimum absolute atomic E-state index is 0.137. The number of nitrogen functional groups attached to an aromatic ring is 1. The summed E-state index contributed by atoms with van der Waals surface area (Å²) in [6.07, 6.45) is 2.07. The van der Waals surface area contributed by atoms with Crippen molar-refractivity contribution in [1.82, 2.24) is 4.98 Å². The van der Waals surface area contributed by atoms with E-state index in [1.54, 1.807) is 12.1 Å². The van der Waals surface area contributed by atoms with E-state index in [1.807, 2.05) is 6.92 Å². The van der Waals surface area contributed by atoms with E-state index in [0.717, 1.165) is 6.42 Å². The predicted octanol–water partition coefficient (Wildman–Crippen LogP) is 1.03. The number of anilines is 2. The summed E-state index contributed by atoms with van der Waals surface area (Å²) in [5.41, 5.74) is 6.07. The predicted molar refractivity (Wildman–Crippen MR) is 60.8 cm³/mol. The first-order chi connectivity index (χ1) is 7.66. The molecule has 16 heavy (non-hydrogen) atoms. The minimum Gasteiger partial charge on any atom is -0.397 e. The van der Waals surface area contributed by atoms with Crippen LogP contribution in [0.25, 0.3) is 0 Å². The van der Waals surface area contributed by atoms with Gasteiger partial charge in [-0.05, 0) is 24.5 Å². The number of carbonyl (C=O) groups is 1. The summed E-state index contributed by atoms with van der Waals surface area (Å²) >= 11 is 0. The molecule has 2 atom stereocenters. The molecule has 5 heteroatoms. The Balaban J connectivity index is 1.99. The van der Waals surface area contributed by atoms with Crippen LogP contribution in [0.5, 0.6) is 0 Å². The summed E-state index contributed by atoms with van der Waals surface area (Å²) in [7, 11) is 0. The quantitative estimate of drug-likeness (QED) is 0.781. The highest BCUT2D eigenvalue weighted by Crippen LogP contribution is 2.21. The molecule has 1 aliphatic heterocycles. The smallest absolute Gasteiger partial charge is 0.254 e. The number of ether oxygens (including phenoxy) is 1. The average Bonchev–Trinajstić information content (AvgIpc) is 2.68. The molecule has 1 aliphatic rings. The van der Waals surface area contributed by atoms with Crippen LogP contribution in [0.4, 0.5) is 11.5 Å². The van der Waals surface area contributed by atoms with Gasteiger partial charge in [-0.25, -0.2) is 4.98 Å². The average molecular weight is 221 g/mol. The number of amides is 1. The molecule has 1 saturated heterocycles. The maximum atomic E-state index is 11.8. The summed E-state index contributed by atoms with van der Waals surface area (Å²) in [4.78, 5) is 15.8. The van der Waals surface area contributed by atoms with Crippen LogP contribution in [0.2, 0.25) is 0 Å². The number of aromatic nitrogens is 1. The third kappa shape index (κ3) is 2.30. The van der Waals surface area contributed by atoms with Crippen molar-refractivity contribution < 1.29 is 9.53 Å². The highest BCUT2D eigenvalue weighted by atomic mass is 16.5. The van der Waals surface area contributed by atoms with Crippen molar-refractivity contribution in [3.63, 3.8) is 0 Å². The van der Waals surface area contributed by atoms with Crippen LogP contribution in [-0.4, -0.2) is 23.6 Å². The van der Waals surface area contributed by atoms with Gasteiger partial charge in [-0.3, -0.25) is 4.79 Å². The molecule has 3 N–H and O–H groups in total. The molecule has 86 valence electrons. The number of hydrogen-bond donors (Lipinski definition) is 2. The molecule has 1 amide bonds. The molecule has 0 saturated carbocycles. The molecule has 1 aromatic rings. The van der Waals surface area contributed by atoms with E-state index < -0.39 is 0 Å². The number of nitrogens with two attached hydrogens (primary N) is 1. The second kappa shape index (κ2) is 4.49. The Bertz CT molecular complexity index is 377. The molecule has 2 heterocycles. The third-order valence-electron chi connectivity index (χ3n) is 2.68. The first kappa shape index (κ1) is 10.9. The molecule has 0 aromatic carbocycles. The molecule has 5 nitrogen and oxygen atoms in total. The highest BCUT2D eigenvalue weighted by molar-refractivity contribution is 5.93. The van der Waals surface area contributed by atoms with E-state index in [0.29, 0.717) is 18.1 Å². The van der Waals surface area contributed by atoms with Gasteiger partial charge in [-0.15, -0.1) is 0 Å².